The lowest BCUT2D eigenvalue weighted by Gasteiger charge is -2.13. The summed E-state index contributed by atoms with van der Waals surface area (Å²) in [5.74, 6) is 0.321. The van der Waals surface area contributed by atoms with Crippen LogP contribution in [0.4, 0.5) is 0 Å². The Labute approximate surface area is 91.7 Å². The molecule has 1 aromatic heterocycles. The number of nitrogens with zero attached hydrogens (tertiary/aromatic N) is 2. The lowest BCUT2D eigenvalue weighted by Crippen LogP contribution is -2.21. The molecule has 0 atom stereocenters. The first-order valence-electron chi connectivity index (χ1n) is 4.93. The normalized spacial score (nSPS) is 14.3. The summed E-state index contributed by atoms with van der Waals surface area (Å²) in [6.45, 7) is 0. The number of hydrogen-bond donors (Lipinski definition) is 1. The number of nitriles is 1. The zero-order chi connectivity index (χ0) is 10.7. The van der Waals surface area contributed by atoms with Gasteiger partial charge in [0.1, 0.15) is 0 Å². The number of aromatic amines is 1. The Kier molecular flexibility index (Phi) is 3.07. The van der Waals surface area contributed by atoms with Gasteiger partial charge >= 0.3 is 0 Å². The lowest BCUT2D eigenvalue weighted by atomic mass is 9.97. The van der Waals surface area contributed by atoms with Crippen LogP contribution in [-0.2, 0) is 12.8 Å². The highest BCUT2D eigenvalue weighted by atomic mass is 32.2. The third-order valence-electron chi connectivity index (χ3n) is 2.44. The average Bonchev–Trinajstić information content (AvgIpc) is 2.26. The first-order chi connectivity index (χ1) is 7.31. The van der Waals surface area contributed by atoms with Crippen molar-refractivity contribution < 1.29 is 0 Å². The first-order valence-corrected chi connectivity index (χ1v) is 5.91. The Bertz CT molecular complexity index is 461. The topological polar surface area (TPSA) is 69.5 Å². The summed E-state index contributed by atoms with van der Waals surface area (Å²) >= 11 is 1.28. The van der Waals surface area contributed by atoms with Gasteiger partial charge in [0.05, 0.1) is 17.5 Å². The fraction of sp³-hybridized carbons (Fsp3) is 0.500. The van der Waals surface area contributed by atoms with E-state index < -0.39 is 0 Å². The Morgan fingerprint density at radius 3 is 3.07 bits per heavy atom. The molecule has 1 aliphatic carbocycles. The molecule has 4 nitrogen and oxygen atoms in total. The van der Waals surface area contributed by atoms with Crippen LogP contribution in [0.5, 0.6) is 0 Å². The van der Waals surface area contributed by atoms with Gasteiger partial charge in [-0.25, -0.2) is 4.98 Å². The van der Waals surface area contributed by atoms with Crippen molar-refractivity contribution in [3.8, 4) is 6.07 Å². The highest BCUT2D eigenvalue weighted by Crippen LogP contribution is 2.18. The van der Waals surface area contributed by atoms with Crippen molar-refractivity contribution in [3.63, 3.8) is 0 Å². The van der Waals surface area contributed by atoms with E-state index in [9.17, 15) is 4.79 Å². The van der Waals surface area contributed by atoms with Gasteiger partial charge in [0.2, 0.25) is 0 Å². The van der Waals surface area contributed by atoms with E-state index in [1.807, 2.05) is 6.07 Å². The number of H-pyrrole nitrogens is 1. The zero-order valence-corrected chi connectivity index (χ0v) is 9.06. The molecule has 0 radical (unpaired) electrons. The summed E-state index contributed by atoms with van der Waals surface area (Å²) in [5, 5.41) is 9.02. The average molecular weight is 221 g/mol. The van der Waals surface area contributed by atoms with Gasteiger partial charge in [-0.1, -0.05) is 11.8 Å². The van der Waals surface area contributed by atoms with Gasteiger partial charge < -0.3 is 4.98 Å². The lowest BCUT2D eigenvalue weighted by molar-refractivity contribution is 0.641. The predicted octanol–water partition coefficient (Wildman–Crippen LogP) is 1.26. The predicted molar refractivity (Wildman–Crippen MR) is 57.8 cm³/mol. The van der Waals surface area contributed by atoms with Crippen molar-refractivity contribution in [1.29, 1.82) is 5.26 Å². The molecule has 0 aromatic carbocycles. The summed E-state index contributed by atoms with van der Waals surface area (Å²) in [6, 6.07) is 2.02. The molecule has 0 fully saturated rings. The van der Waals surface area contributed by atoms with Crippen molar-refractivity contribution in [2.24, 2.45) is 0 Å². The molecule has 1 aromatic rings. The van der Waals surface area contributed by atoms with E-state index >= 15 is 0 Å². The van der Waals surface area contributed by atoms with Crippen LogP contribution in [0.1, 0.15) is 24.1 Å². The molecule has 1 aliphatic rings. The minimum atomic E-state index is -0.0276. The van der Waals surface area contributed by atoms with E-state index in [0.29, 0.717) is 10.9 Å². The highest BCUT2D eigenvalue weighted by molar-refractivity contribution is 7.99. The standard InChI is InChI=1S/C10H11N3OS/c11-5-6-15-10-12-8-4-2-1-3-7(8)9(14)13-10/h1-4,6H2,(H,12,13,14). The van der Waals surface area contributed by atoms with E-state index in [-0.39, 0.29) is 5.56 Å². The first kappa shape index (κ1) is 10.2. The number of hydrogen-bond acceptors (Lipinski definition) is 4. The van der Waals surface area contributed by atoms with E-state index in [2.05, 4.69) is 9.97 Å². The number of rotatable bonds is 2. The van der Waals surface area contributed by atoms with Crippen molar-refractivity contribution in [1.82, 2.24) is 9.97 Å². The van der Waals surface area contributed by atoms with Crippen LogP contribution < -0.4 is 5.56 Å². The summed E-state index contributed by atoms with van der Waals surface area (Å²) < 4.78 is 0. The van der Waals surface area contributed by atoms with Crippen LogP contribution in [0.15, 0.2) is 9.95 Å². The van der Waals surface area contributed by atoms with Crippen LogP contribution >= 0.6 is 11.8 Å². The maximum atomic E-state index is 11.7. The van der Waals surface area contributed by atoms with Crippen LogP contribution in [-0.4, -0.2) is 15.7 Å². The fourth-order valence-corrected chi connectivity index (χ4v) is 2.29. The second-order valence-corrected chi connectivity index (χ2v) is 4.41. The fourth-order valence-electron chi connectivity index (χ4n) is 1.75. The number of fused-ring (bicyclic) bond motifs is 1. The van der Waals surface area contributed by atoms with Crippen molar-refractivity contribution in [3.05, 3.63) is 21.6 Å². The van der Waals surface area contributed by atoms with Crippen LogP contribution in [0.3, 0.4) is 0 Å². The molecule has 0 saturated heterocycles. The minimum absolute atomic E-state index is 0.0276. The Balaban J connectivity index is 2.33. The summed E-state index contributed by atoms with van der Waals surface area (Å²) in [6.07, 6.45) is 3.90. The molecule has 0 unspecified atom stereocenters. The van der Waals surface area contributed by atoms with Gasteiger partial charge in [-0.2, -0.15) is 5.26 Å². The number of thioether (sulfide) groups is 1. The molecule has 1 heterocycles. The molecule has 0 bridgehead atoms. The van der Waals surface area contributed by atoms with Gasteiger partial charge in [-0.15, -0.1) is 0 Å². The van der Waals surface area contributed by atoms with Crippen LogP contribution in [0.2, 0.25) is 0 Å². The van der Waals surface area contributed by atoms with Gasteiger partial charge in [0.25, 0.3) is 5.56 Å². The molecule has 0 amide bonds. The molecule has 1 N–H and O–H groups in total. The quantitative estimate of drug-likeness (QED) is 0.603. The highest BCUT2D eigenvalue weighted by Gasteiger charge is 2.15. The minimum Gasteiger partial charge on any atom is -0.301 e. The molecule has 2 rings (SSSR count). The molecule has 78 valence electrons. The largest absolute Gasteiger partial charge is 0.301 e. The second-order valence-electron chi connectivity index (χ2n) is 3.45. The zero-order valence-electron chi connectivity index (χ0n) is 8.25. The molecular formula is C10H11N3OS. The van der Waals surface area contributed by atoms with Gasteiger partial charge in [-0.05, 0) is 25.7 Å². The Hall–Kier alpha value is -1.28. The molecule has 0 spiro atoms. The molecule has 0 aliphatic heterocycles. The molecule has 15 heavy (non-hydrogen) atoms. The van der Waals surface area contributed by atoms with E-state index in [0.717, 1.165) is 36.9 Å². The Morgan fingerprint density at radius 1 is 1.47 bits per heavy atom. The van der Waals surface area contributed by atoms with Gasteiger partial charge in [0.15, 0.2) is 5.16 Å². The molecular weight excluding hydrogens is 210 g/mol. The third-order valence-corrected chi connectivity index (χ3v) is 3.18. The smallest absolute Gasteiger partial charge is 0.254 e. The van der Waals surface area contributed by atoms with Crippen LogP contribution in [0, 0.1) is 11.3 Å². The molecule has 0 saturated carbocycles. The summed E-state index contributed by atoms with van der Waals surface area (Å²) in [5.41, 5.74) is 1.73. The number of aryl methyl sites for hydroxylation is 1. The SMILES string of the molecule is N#CCSc1nc2c(c(=O)[nH]1)CCCC2. The summed E-state index contributed by atoms with van der Waals surface area (Å²) in [7, 11) is 0. The summed E-state index contributed by atoms with van der Waals surface area (Å²) in [4.78, 5) is 18.7. The van der Waals surface area contributed by atoms with Crippen LogP contribution in [0.25, 0.3) is 0 Å². The maximum absolute atomic E-state index is 11.7. The Morgan fingerprint density at radius 2 is 2.27 bits per heavy atom. The molecule has 5 heteroatoms. The van der Waals surface area contributed by atoms with Crippen molar-refractivity contribution in [2.45, 2.75) is 30.8 Å². The van der Waals surface area contributed by atoms with E-state index in [1.54, 1.807) is 0 Å². The van der Waals surface area contributed by atoms with Gasteiger partial charge in [-0.3, -0.25) is 4.79 Å². The number of nitrogens with one attached hydrogen (secondary N) is 1. The van der Waals surface area contributed by atoms with Crippen molar-refractivity contribution in [2.75, 3.05) is 5.75 Å². The van der Waals surface area contributed by atoms with E-state index in [4.69, 9.17) is 5.26 Å². The van der Waals surface area contributed by atoms with Crippen molar-refractivity contribution >= 4 is 11.8 Å². The van der Waals surface area contributed by atoms with E-state index in [1.165, 1.54) is 11.8 Å². The van der Waals surface area contributed by atoms with Gasteiger partial charge in [0, 0.05) is 5.56 Å². The monoisotopic (exact) mass is 221 g/mol. The third kappa shape index (κ3) is 2.21. The maximum Gasteiger partial charge on any atom is 0.254 e. The number of aromatic nitrogens is 2. The second kappa shape index (κ2) is 4.49.